The highest BCUT2D eigenvalue weighted by Gasteiger charge is 2.11. The maximum absolute atomic E-state index is 5.06. The van der Waals surface area contributed by atoms with Crippen molar-refractivity contribution in [2.75, 3.05) is 25.6 Å². The van der Waals surface area contributed by atoms with Crippen LogP contribution in [0.15, 0.2) is 4.47 Å². The summed E-state index contributed by atoms with van der Waals surface area (Å²) in [5, 5.41) is 3.28. The van der Waals surface area contributed by atoms with Gasteiger partial charge in [0.05, 0.1) is 10.2 Å². The van der Waals surface area contributed by atoms with E-state index in [1.165, 1.54) is 0 Å². The molecule has 4 nitrogen and oxygen atoms in total. The molecule has 1 aromatic rings. The van der Waals surface area contributed by atoms with Gasteiger partial charge >= 0.3 is 0 Å². The van der Waals surface area contributed by atoms with Gasteiger partial charge in [-0.05, 0) is 35.7 Å². The van der Waals surface area contributed by atoms with Gasteiger partial charge in [-0.1, -0.05) is 13.3 Å². The zero-order valence-electron chi connectivity index (χ0n) is 11.4. The molecule has 0 saturated heterocycles. The predicted octanol–water partition coefficient (Wildman–Crippen LogP) is 3.20. The van der Waals surface area contributed by atoms with Crippen molar-refractivity contribution in [3.05, 3.63) is 16.0 Å². The molecule has 0 radical (unpaired) electrons. The van der Waals surface area contributed by atoms with E-state index in [1.54, 1.807) is 7.11 Å². The van der Waals surface area contributed by atoms with E-state index in [1.807, 2.05) is 0 Å². The van der Waals surface area contributed by atoms with E-state index in [0.29, 0.717) is 0 Å². The first-order valence-corrected chi connectivity index (χ1v) is 7.30. The van der Waals surface area contributed by atoms with Crippen LogP contribution in [0.4, 0.5) is 5.82 Å². The van der Waals surface area contributed by atoms with Gasteiger partial charge < -0.3 is 10.1 Å². The molecule has 0 spiro atoms. The fraction of sp³-hybridized carbons (Fsp3) is 0.692. The number of nitrogens with one attached hydrogen (secondary N) is 1. The Morgan fingerprint density at radius 2 is 2.00 bits per heavy atom. The van der Waals surface area contributed by atoms with Crippen molar-refractivity contribution >= 4 is 21.7 Å². The number of hydrogen-bond acceptors (Lipinski definition) is 4. The smallest absolute Gasteiger partial charge is 0.144 e. The predicted molar refractivity (Wildman–Crippen MR) is 78.1 cm³/mol. The molecule has 1 heterocycles. The normalized spacial score (nSPS) is 10.7. The van der Waals surface area contributed by atoms with E-state index in [4.69, 9.17) is 4.74 Å². The van der Waals surface area contributed by atoms with Crippen LogP contribution < -0.4 is 5.32 Å². The van der Waals surface area contributed by atoms with E-state index in [2.05, 4.69) is 45.1 Å². The number of ether oxygens (including phenoxy) is 1. The SMILES string of the molecule is CCCc1nc(CCCOC)nc(NCC)c1Br. The van der Waals surface area contributed by atoms with E-state index in [-0.39, 0.29) is 0 Å². The minimum atomic E-state index is 0.749. The topological polar surface area (TPSA) is 47.0 Å². The molecule has 18 heavy (non-hydrogen) atoms. The molecule has 5 heteroatoms. The summed E-state index contributed by atoms with van der Waals surface area (Å²) < 4.78 is 6.06. The minimum absolute atomic E-state index is 0.749. The van der Waals surface area contributed by atoms with Crippen molar-refractivity contribution in [2.45, 2.75) is 39.5 Å². The Hall–Kier alpha value is -0.680. The van der Waals surface area contributed by atoms with E-state index in [0.717, 1.165) is 60.6 Å². The van der Waals surface area contributed by atoms with Gasteiger partial charge in [0.1, 0.15) is 11.6 Å². The summed E-state index contributed by atoms with van der Waals surface area (Å²) in [5.41, 5.74) is 1.09. The largest absolute Gasteiger partial charge is 0.385 e. The monoisotopic (exact) mass is 315 g/mol. The van der Waals surface area contributed by atoms with Gasteiger partial charge in [-0.15, -0.1) is 0 Å². The highest BCUT2D eigenvalue weighted by Crippen LogP contribution is 2.25. The van der Waals surface area contributed by atoms with Gasteiger partial charge in [-0.25, -0.2) is 9.97 Å². The summed E-state index contributed by atoms with van der Waals surface area (Å²) in [6, 6.07) is 0. The second kappa shape index (κ2) is 8.43. The lowest BCUT2D eigenvalue weighted by atomic mass is 10.2. The van der Waals surface area contributed by atoms with Gasteiger partial charge in [0.15, 0.2) is 0 Å². The average molecular weight is 316 g/mol. The van der Waals surface area contributed by atoms with E-state index >= 15 is 0 Å². The second-order valence-electron chi connectivity index (χ2n) is 4.13. The van der Waals surface area contributed by atoms with Gasteiger partial charge in [0.2, 0.25) is 0 Å². The molecular formula is C13H22BrN3O. The number of hydrogen-bond donors (Lipinski definition) is 1. The molecular weight excluding hydrogens is 294 g/mol. The number of nitrogens with zero attached hydrogens (tertiary/aromatic N) is 2. The first-order valence-electron chi connectivity index (χ1n) is 6.51. The Morgan fingerprint density at radius 1 is 1.22 bits per heavy atom. The molecule has 0 aromatic carbocycles. The first-order chi connectivity index (χ1) is 8.72. The molecule has 1 rings (SSSR count). The number of anilines is 1. The Morgan fingerprint density at radius 3 is 2.61 bits per heavy atom. The highest BCUT2D eigenvalue weighted by atomic mass is 79.9. The van der Waals surface area contributed by atoms with Crippen molar-refractivity contribution < 1.29 is 4.74 Å². The van der Waals surface area contributed by atoms with Gasteiger partial charge in [0, 0.05) is 26.7 Å². The Balaban J connectivity index is 2.88. The van der Waals surface area contributed by atoms with Crippen LogP contribution in [0.5, 0.6) is 0 Å². The summed E-state index contributed by atoms with van der Waals surface area (Å²) in [4.78, 5) is 9.18. The lowest BCUT2D eigenvalue weighted by Crippen LogP contribution is -2.09. The first kappa shape index (κ1) is 15.4. The number of methoxy groups -OCH3 is 1. The minimum Gasteiger partial charge on any atom is -0.385 e. The molecule has 0 amide bonds. The number of halogens is 1. The molecule has 0 aliphatic rings. The molecule has 0 aliphatic heterocycles. The zero-order valence-corrected chi connectivity index (χ0v) is 13.0. The molecule has 0 saturated carbocycles. The standard InChI is InChI=1S/C13H22BrN3O/c1-4-7-10-12(14)13(15-5-2)17-11(16-10)8-6-9-18-3/h4-9H2,1-3H3,(H,15,16,17). The fourth-order valence-electron chi connectivity index (χ4n) is 1.72. The molecule has 0 aliphatic carbocycles. The number of rotatable bonds is 8. The summed E-state index contributed by atoms with van der Waals surface area (Å²) >= 11 is 3.59. The third kappa shape index (κ3) is 4.53. The van der Waals surface area contributed by atoms with Crippen molar-refractivity contribution in [1.82, 2.24) is 9.97 Å². The molecule has 0 bridgehead atoms. The van der Waals surface area contributed by atoms with Gasteiger partial charge in [-0.3, -0.25) is 0 Å². The average Bonchev–Trinajstić information content (AvgIpc) is 2.35. The lowest BCUT2D eigenvalue weighted by Gasteiger charge is -2.11. The van der Waals surface area contributed by atoms with Gasteiger partial charge in [-0.2, -0.15) is 0 Å². The van der Waals surface area contributed by atoms with Crippen LogP contribution in [0.3, 0.4) is 0 Å². The Bertz CT molecular complexity index is 344. The third-order valence-corrected chi connectivity index (χ3v) is 3.38. The quantitative estimate of drug-likeness (QED) is 0.748. The number of aryl methyl sites for hydroxylation is 2. The van der Waals surface area contributed by atoms with E-state index < -0.39 is 0 Å². The van der Waals surface area contributed by atoms with Crippen LogP contribution in [0.1, 0.15) is 38.2 Å². The van der Waals surface area contributed by atoms with Crippen LogP contribution >= 0.6 is 15.9 Å². The molecule has 1 aromatic heterocycles. The fourth-order valence-corrected chi connectivity index (χ4v) is 2.23. The van der Waals surface area contributed by atoms with Crippen LogP contribution in [-0.2, 0) is 17.6 Å². The summed E-state index contributed by atoms with van der Waals surface area (Å²) in [7, 11) is 1.72. The Kier molecular flexibility index (Phi) is 7.20. The second-order valence-corrected chi connectivity index (χ2v) is 4.92. The summed E-state index contributed by atoms with van der Waals surface area (Å²) in [5.74, 6) is 1.80. The highest BCUT2D eigenvalue weighted by molar-refractivity contribution is 9.10. The molecule has 102 valence electrons. The number of aromatic nitrogens is 2. The van der Waals surface area contributed by atoms with Crippen LogP contribution in [0, 0.1) is 0 Å². The Labute approximate surface area is 118 Å². The lowest BCUT2D eigenvalue weighted by molar-refractivity contribution is 0.194. The molecule has 0 fully saturated rings. The summed E-state index contributed by atoms with van der Waals surface area (Å²) in [6.07, 6.45) is 3.86. The van der Waals surface area contributed by atoms with Crippen LogP contribution in [-0.4, -0.2) is 30.2 Å². The van der Waals surface area contributed by atoms with Crippen LogP contribution in [0.2, 0.25) is 0 Å². The van der Waals surface area contributed by atoms with Crippen LogP contribution in [0.25, 0.3) is 0 Å². The van der Waals surface area contributed by atoms with Crippen molar-refractivity contribution in [3.63, 3.8) is 0 Å². The molecule has 0 atom stereocenters. The van der Waals surface area contributed by atoms with Crippen molar-refractivity contribution in [3.8, 4) is 0 Å². The molecule has 1 N–H and O–H groups in total. The van der Waals surface area contributed by atoms with E-state index in [9.17, 15) is 0 Å². The maximum atomic E-state index is 5.06. The van der Waals surface area contributed by atoms with Crippen molar-refractivity contribution in [1.29, 1.82) is 0 Å². The van der Waals surface area contributed by atoms with Crippen molar-refractivity contribution in [2.24, 2.45) is 0 Å². The molecule has 0 unspecified atom stereocenters. The zero-order chi connectivity index (χ0) is 13.4. The maximum Gasteiger partial charge on any atom is 0.144 e. The summed E-state index contributed by atoms with van der Waals surface area (Å²) in [6.45, 7) is 5.84. The van der Waals surface area contributed by atoms with Gasteiger partial charge in [0.25, 0.3) is 0 Å². The third-order valence-electron chi connectivity index (χ3n) is 2.55.